The minimum absolute atomic E-state index is 0.322. The predicted molar refractivity (Wildman–Crippen MR) is 94.2 cm³/mol. The minimum Gasteiger partial charge on any atom is -0.454 e. The van der Waals surface area contributed by atoms with Crippen molar-refractivity contribution < 1.29 is 9.47 Å². The van der Waals surface area contributed by atoms with Crippen LogP contribution in [0.15, 0.2) is 18.2 Å². The summed E-state index contributed by atoms with van der Waals surface area (Å²) in [6, 6.07) is 6.59. The molecule has 24 heavy (non-hydrogen) atoms. The Kier molecular flexibility index (Phi) is 4.15. The summed E-state index contributed by atoms with van der Waals surface area (Å²) in [6.07, 6.45) is 0. The highest BCUT2D eigenvalue weighted by Gasteiger charge is 2.25. The second-order valence-corrected chi connectivity index (χ2v) is 6.91. The highest BCUT2D eigenvalue weighted by Crippen LogP contribution is 2.35. The Labute approximate surface area is 145 Å². The lowest BCUT2D eigenvalue weighted by Crippen LogP contribution is -2.47. The number of benzene rings is 1. The summed E-state index contributed by atoms with van der Waals surface area (Å²) >= 11 is 1.60. The van der Waals surface area contributed by atoms with E-state index in [4.69, 9.17) is 9.47 Å². The van der Waals surface area contributed by atoms with E-state index in [1.807, 2.05) is 13.1 Å². The molecular formula is C16H21N5O2S. The molecule has 1 fully saturated rings. The van der Waals surface area contributed by atoms with Gasteiger partial charge in [0.1, 0.15) is 0 Å². The fourth-order valence-corrected chi connectivity index (χ4v) is 3.88. The van der Waals surface area contributed by atoms with Crippen LogP contribution in [-0.2, 0) is 0 Å². The standard InChI is InChI=1S/C16H21N5O2S/c1-11(12-3-4-13-14(9-12)23-10-22-13)20-5-7-21(8-6-20)16-19-18-15(17-2)24-16/h3-4,9,11H,5-8,10H2,1-2H3,(H,17,18). The molecule has 2 aliphatic heterocycles. The van der Waals surface area contributed by atoms with Gasteiger partial charge >= 0.3 is 0 Å². The average molecular weight is 347 g/mol. The van der Waals surface area contributed by atoms with Gasteiger partial charge in [0.05, 0.1) is 0 Å². The molecular weight excluding hydrogens is 326 g/mol. The Bertz CT molecular complexity index is 714. The van der Waals surface area contributed by atoms with Gasteiger partial charge in [0.25, 0.3) is 0 Å². The predicted octanol–water partition coefficient (Wildman–Crippen LogP) is 2.19. The average Bonchev–Trinajstić information content (AvgIpc) is 3.29. The zero-order valence-corrected chi connectivity index (χ0v) is 14.7. The zero-order chi connectivity index (χ0) is 16.5. The maximum Gasteiger partial charge on any atom is 0.231 e. The molecule has 0 bridgehead atoms. The zero-order valence-electron chi connectivity index (χ0n) is 13.9. The van der Waals surface area contributed by atoms with E-state index in [1.54, 1.807) is 11.3 Å². The van der Waals surface area contributed by atoms with Gasteiger partial charge in [-0.3, -0.25) is 4.90 Å². The van der Waals surface area contributed by atoms with Crippen LogP contribution >= 0.6 is 11.3 Å². The molecule has 1 atom stereocenters. The molecule has 1 saturated heterocycles. The summed E-state index contributed by atoms with van der Waals surface area (Å²) in [7, 11) is 1.87. The van der Waals surface area contributed by atoms with Crippen molar-refractivity contribution in [2.45, 2.75) is 13.0 Å². The van der Waals surface area contributed by atoms with Gasteiger partial charge in [-0.25, -0.2) is 0 Å². The van der Waals surface area contributed by atoms with Crippen molar-refractivity contribution in [3.05, 3.63) is 23.8 Å². The minimum atomic E-state index is 0.322. The second kappa shape index (κ2) is 6.45. The van der Waals surface area contributed by atoms with Crippen molar-refractivity contribution >= 4 is 21.6 Å². The molecule has 8 heteroatoms. The maximum absolute atomic E-state index is 5.50. The fraction of sp³-hybridized carbons (Fsp3) is 0.500. The molecule has 1 N–H and O–H groups in total. The van der Waals surface area contributed by atoms with Gasteiger partial charge < -0.3 is 19.7 Å². The van der Waals surface area contributed by atoms with Gasteiger partial charge in [-0.15, -0.1) is 10.2 Å². The van der Waals surface area contributed by atoms with Crippen LogP contribution in [0.2, 0.25) is 0 Å². The summed E-state index contributed by atoms with van der Waals surface area (Å²) in [5.74, 6) is 1.69. The third-order valence-electron chi connectivity index (χ3n) is 4.64. The van der Waals surface area contributed by atoms with Gasteiger partial charge in [-0.05, 0) is 24.6 Å². The fourth-order valence-electron chi connectivity index (χ4n) is 3.13. The molecule has 1 aromatic carbocycles. The smallest absolute Gasteiger partial charge is 0.231 e. The lowest BCUT2D eigenvalue weighted by molar-refractivity contribution is 0.173. The van der Waals surface area contributed by atoms with Gasteiger partial charge in [0.15, 0.2) is 11.5 Å². The lowest BCUT2D eigenvalue weighted by Gasteiger charge is -2.38. The number of piperazine rings is 1. The quantitative estimate of drug-likeness (QED) is 0.909. The summed E-state index contributed by atoms with van der Waals surface area (Å²) < 4.78 is 10.9. The molecule has 1 aromatic heterocycles. The number of nitrogens with zero attached hydrogens (tertiary/aromatic N) is 4. The number of anilines is 2. The first-order chi connectivity index (χ1) is 11.7. The summed E-state index contributed by atoms with van der Waals surface area (Å²) in [6.45, 7) is 6.51. The number of rotatable bonds is 4. The van der Waals surface area contributed by atoms with E-state index in [-0.39, 0.29) is 0 Å². The van der Waals surface area contributed by atoms with Crippen LogP contribution in [0.4, 0.5) is 10.3 Å². The summed E-state index contributed by atoms with van der Waals surface area (Å²) in [5, 5.41) is 13.3. The van der Waals surface area contributed by atoms with Gasteiger partial charge in [0, 0.05) is 39.3 Å². The first kappa shape index (κ1) is 15.5. The number of hydrogen-bond acceptors (Lipinski definition) is 8. The Morgan fingerprint density at radius 3 is 2.67 bits per heavy atom. The molecule has 0 spiro atoms. The third kappa shape index (κ3) is 2.87. The summed E-state index contributed by atoms with van der Waals surface area (Å²) in [5.41, 5.74) is 1.26. The van der Waals surface area contributed by atoms with Crippen LogP contribution < -0.4 is 19.7 Å². The van der Waals surface area contributed by atoms with E-state index >= 15 is 0 Å². The molecule has 128 valence electrons. The molecule has 0 aliphatic carbocycles. The van der Waals surface area contributed by atoms with E-state index in [0.717, 1.165) is 47.9 Å². The first-order valence-corrected chi connectivity index (χ1v) is 8.96. The molecule has 0 saturated carbocycles. The van der Waals surface area contributed by atoms with E-state index < -0.39 is 0 Å². The van der Waals surface area contributed by atoms with Crippen molar-refractivity contribution in [2.75, 3.05) is 50.2 Å². The van der Waals surface area contributed by atoms with Crippen molar-refractivity contribution in [3.8, 4) is 11.5 Å². The van der Waals surface area contributed by atoms with Gasteiger partial charge in [-0.2, -0.15) is 0 Å². The Balaban J connectivity index is 1.40. The summed E-state index contributed by atoms with van der Waals surface area (Å²) in [4.78, 5) is 4.80. The molecule has 2 aliphatic rings. The number of fused-ring (bicyclic) bond motifs is 1. The molecule has 2 aromatic rings. The second-order valence-electron chi connectivity index (χ2n) is 5.95. The van der Waals surface area contributed by atoms with Crippen LogP contribution in [0.1, 0.15) is 18.5 Å². The molecule has 3 heterocycles. The molecule has 7 nitrogen and oxygen atoms in total. The third-order valence-corrected chi connectivity index (χ3v) is 5.64. The number of aromatic nitrogens is 2. The van der Waals surface area contributed by atoms with Gasteiger partial charge in [0.2, 0.25) is 17.1 Å². The van der Waals surface area contributed by atoms with Crippen LogP contribution in [0.5, 0.6) is 11.5 Å². The maximum atomic E-state index is 5.50. The lowest BCUT2D eigenvalue weighted by atomic mass is 10.1. The van der Waals surface area contributed by atoms with Crippen molar-refractivity contribution in [2.24, 2.45) is 0 Å². The van der Waals surface area contributed by atoms with E-state index in [2.05, 4.69) is 44.4 Å². The molecule has 0 radical (unpaired) electrons. The highest BCUT2D eigenvalue weighted by molar-refractivity contribution is 7.19. The Morgan fingerprint density at radius 2 is 1.92 bits per heavy atom. The number of ether oxygens (including phenoxy) is 2. The first-order valence-electron chi connectivity index (χ1n) is 8.14. The Hall–Kier alpha value is -2.06. The number of hydrogen-bond donors (Lipinski definition) is 1. The molecule has 4 rings (SSSR count). The SMILES string of the molecule is CNc1nnc(N2CCN(C(C)c3ccc4c(c3)OCO4)CC2)s1. The van der Waals surface area contributed by atoms with Crippen LogP contribution in [0, 0.1) is 0 Å². The normalized spacial score (nSPS) is 18.7. The Morgan fingerprint density at radius 1 is 1.12 bits per heavy atom. The van der Waals surface area contributed by atoms with E-state index in [1.165, 1.54) is 5.56 Å². The highest BCUT2D eigenvalue weighted by atomic mass is 32.1. The number of nitrogens with one attached hydrogen (secondary N) is 1. The topological polar surface area (TPSA) is 62.8 Å². The van der Waals surface area contributed by atoms with Crippen molar-refractivity contribution in [3.63, 3.8) is 0 Å². The van der Waals surface area contributed by atoms with Crippen molar-refractivity contribution in [1.82, 2.24) is 15.1 Å². The van der Waals surface area contributed by atoms with Crippen LogP contribution in [0.25, 0.3) is 0 Å². The van der Waals surface area contributed by atoms with Crippen LogP contribution in [0.3, 0.4) is 0 Å². The largest absolute Gasteiger partial charge is 0.454 e. The monoisotopic (exact) mass is 347 g/mol. The molecule has 0 amide bonds. The van der Waals surface area contributed by atoms with Crippen molar-refractivity contribution in [1.29, 1.82) is 0 Å². The molecule has 1 unspecified atom stereocenters. The van der Waals surface area contributed by atoms with Gasteiger partial charge in [-0.1, -0.05) is 17.4 Å². The van der Waals surface area contributed by atoms with E-state index in [9.17, 15) is 0 Å². The van der Waals surface area contributed by atoms with Crippen LogP contribution in [-0.4, -0.2) is 55.1 Å². The van der Waals surface area contributed by atoms with E-state index in [0.29, 0.717) is 12.8 Å².